The minimum Gasteiger partial charge on any atom is -0.465 e. The number of benzene rings is 2. The average Bonchev–Trinajstić information content (AvgIpc) is 3.13. The van der Waals surface area contributed by atoms with Crippen molar-refractivity contribution in [1.82, 2.24) is 4.90 Å². The van der Waals surface area contributed by atoms with Gasteiger partial charge in [0.15, 0.2) is 0 Å². The third-order valence-corrected chi connectivity index (χ3v) is 10.8. The molecule has 152 valence electrons. The fourth-order valence-electron chi connectivity index (χ4n) is 4.39. The quantitative estimate of drug-likeness (QED) is 0.769. The van der Waals surface area contributed by atoms with Gasteiger partial charge in [-0.15, -0.1) is 0 Å². The predicted octanol–water partition coefficient (Wildman–Crippen LogP) is 3.46. The van der Waals surface area contributed by atoms with E-state index in [1.54, 1.807) is 0 Å². The molecule has 3 rings (SSSR count). The normalized spacial score (nSPS) is 19.7. The first-order chi connectivity index (χ1) is 13.8. The Morgan fingerprint density at radius 1 is 1.14 bits per heavy atom. The summed E-state index contributed by atoms with van der Waals surface area (Å²) >= 11 is 0. The molecule has 2 unspecified atom stereocenters. The molecule has 0 spiro atoms. The second-order valence-electron chi connectivity index (χ2n) is 8.62. The molecular formula is C23H28N2O3Si. The summed E-state index contributed by atoms with van der Waals surface area (Å²) in [5, 5.41) is 21.0. The maximum atomic E-state index is 11.7. The van der Waals surface area contributed by atoms with Crippen LogP contribution < -0.4 is 10.4 Å². The van der Waals surface area contributed by atoms with Gasteiger partial charge in [-0.05, 0) is 21.8 Å². The van der Waals surface area contributed by atoms with Crippen LogP contribution in [0.1, 0.15) is 27.2 Å². The molecule has 29 heavy (non-hydrogen) atoms. The molecule has 2 atom stereocenters. The van der Waals surface area contributed by atoms with Gasteiger partial charge in [-0.1, -0.05) is 81.4 Å². The van der Waals surface area contributed by atoms with Crippen LogP contribution in [0.5, 0.6) is 0 Å². The highest BCUT2D eigenvalue weighted by Gasteiger charge is 2.51. The molecule has 1 saturated heterocycles. The Labute approximate surface area is 173 Å². The van der Waals surface area contributed by atoms with Crippen LogP contribution in [0.2, 0.25) is 5.04 Å². The van der Waals surface area contributed by atoms with E-state index in [4.69, 9.17) is 4.43 Å². The van der Waals surface area contributed by atoms with Crippen molar-refractivity contribution in [3.8, 4) is 6.07 Å². The van der Waals surface area contributed by atoms with Gasteiger partial charge in [0.05, 0.1) is 24.6 Å². The summed E-state index contributed by atoms with van der Waals surface area (Å²) in [7, 11) is -2.72. The van der Waals surface area contributed by atoms with Gasteiger partial charge in [-0.2, -0.15) is 5.26 Å². The Kier molecular flexibility index (Phi) is 6.11. The van der Waals surface area contributed by atoms with Gasteiger partial charge in [0.25, 0.3) is 8.32 Å². The molecule has 6 heteroatoms. The molecule has 1 fully saturated rings. The summed E-state index contributed by atoms with van der Waals surface area (Å²) in [5.41, 5.74) is 0. The molecule has 1 aliphatic rings. The highest BCUT2D eigenvalue weighted by Crippen LogP contribution is 2.37. The van der Waals surface area contributed by atoms with Crippen molar-refractivity contribution in [2.75, 3.05) is 13.2 Å². The van der Waals surface area contributed by atoms with E-state index in [0.717, 1.165) is 10.4 Å². The van der Waals surface area contributed by atoms with Gasteiger partial charge < -0.3 is 14.4 Å². The number of carbonyl (C=O) groups is 1. The van der Waals surface area contributed by atoms with Crippen LogP contribution in [0.25, 0.3) is 0 Å². The van der Waals surface area contributed by atoms with Crippen LogP contribution in [-0.2, 0) is 4.43 Å². The fraction of sp³-hybridized carbons (Fsp3) is 0.391. The number of nitrogens with zero attached hydrogens (tertiary/aromatic N) is 2. The summed E-state index contributed by atoms with van der Waals surface area (Å²) in [4.78, 5) is 13.1. The predicted molar refractivity (Wildman–Crippen MR) is 116 cm³/mol. The first kappa shape index (κ1) is 21.1. The Balaban J connectivity index is 2.02. The first-order valence-electron chi connectivity index (χ1n) is 9.94. The number of amides is 1. The second kappa shape index (κ2) is 8.40. The molecule has 0 radical (unpaired) electrons. The molecule has 0 saturated carbocycles. The minimum atomic E-state index is -2.72. The summed E-state index contributed by atoms with van der Waals surface area (Å²) < 4.78 is 6.85. The van der Waals surface area contributed by atoms with Crippen LogP contribution in [0.3, 0.4) is 0 Å². The molecule has 0 aliphatic carbocycles. The Morgan fingerprint density at radius 3 is 2.07 bits per heavy atom. The zero-order valence-electron chi connectivity index (χ0n) is 17.2. The third kappa shape index (κ3) is 4.07. The summed E-state index contributed by atoms with van der Waals surface area (Å²) in [6.07, 6.45) is -0.472. The summed E-state index contributed by atoms with van der Waals surface area (Å²) in [6.45, 7) is 7.13. The van der Waals surface area contributed by atoms with E-state index in [9.17, 15) is 15.2 Å². The molecule has 0 aromatic heterocycles. The Morgan fingerprint density at radius 2 is 1.66 bits per heavy atom. The summed E-state index contributed by atoms with van der Waals surface area (Å²) in [5.74, 6) is -0.279. The van der Waals surface area contributed by atoms with Crippen molar-refractivity contribution in [2.24, 2.45) is 5.92 Å². The first-order valence-corrected chi connectivity index (χ1v) is 11.8. The highest BCUT2D eigenvalue weighted by atomic mass is 28.4. The maximum absolute atomic E-state index is 11.7. The van der Waals surface area contributed by atoms with E-state index in [2.05, 4.69) is 51.1 Å². The zero-order chi connectivity index (χ0) is 21.1. The van der Waals surface area contributed by atoms with Gasteiger partial charge >= 0.3 is 6.09 Å². The van der Waals surface area contributed by atoms with Crippen molar-refractivity contribution in [3.63, 3.8) is 0 Å². The molecule has 1 N–H and O–H groups in total. The Bertz CT molecular complexity index is 835. The number of hydrogen-bond acceptors (Lipinski definition) is 3. The average molecular weight is 409 g/mol. The van der Waals surface area contributed by atoms with Crippen molar-refractivity contribution in [1.29, 1.82) is 5.26 Å². The molecule has 1 heterocycles. The van der Waals surface area contributed by atoms with Crippen LogP contribution in [0, 0.1) is 17.2 Å². The minimum absolute atomic E-state index is 0.170. The van der Waals surface area contributed by atoms with E-state index < -0.39 is 14.4 Å². The second-order valence-corrected chi connectivity index (χ2v) is 12.9. The number of carboxylic acid groups (broad SMARTS) is 1. The van der Waals surface area contributed by atoms with Gasteiger partial charge in [0, 0.05) is 6.54 Å². The smallest absolute Gasteiger partial charge is 0.407 e. The zero-order valence-corrected chi connectivity index (χ0v) is 18.2. The fourth-order valence-corrected chi connectivity index (χ4v) is 8.98. The SMILES string of the molecule is CC(C)(C)[Si](OCC1CC(C#N)CN1C(=O)O)(c1ccccc1)c1ccccc1. The van der Waals surface area contributed by atoms with E-state index in [0.29, 0.717) is 6.42 Å². The molecular weight excluding hydrogens is 380 g/mol. The molecule has 1 amide bonds. The van der Waals surface area contributed by atoms with Crippen molar-refractivity contribution >= 4 is 24.8 Å². The summed E-state index contributed by atoms with van der Waals surface area (Å²) in [6, 6.07) is 22.5. The standard InChI is InChI=1S/C23H28N2O3Si/c1-23(2,3)29(20-10-6-4-7-11-20,21-12-8-5-9-13-21)28-17-19-14-18(15-24)16-25(19)22(26)27/h4-13,18-19H,14,16-17H2,1-3H3,(H,26,27). The van der Waals surface area contributed by atoms with Gasteiger partial charge in [-0.25, -0.2) is 4.79 Å². The maximum Gasteiger partial charge on any atom is 0.407 e. The van der Waals surface area contributed by atoms with Gasteiger partial charge in [-0.3, -0.25) is 0 Å². The lowest BCUT2D eigenvalue weighted by Gasteiger charge is -2.43. The molecule has 2 aromatic carbocycles. The lowest BCUT2D eigenvalue weighted by Crippen LogP contribution is -2.67. The third-order valence-electron chi connectivity index (χ3n) is 5.75. The van der Waals surface area contributed by atoms with Gasteiger partial charge in [0.2, 0.25) is 0 Å². The molecule has 5 nitrogen and oxygen atoms in total. The van der Waals surface area contributed by atoms with E-state index in [-0.39, 0.29) is 30.1 Å². The van der Waals surface area contributed by atoms with Crippen molar-refractivity contribution in [2.45, 2.75) is 38.3 Å². The lowest BCUT2D eigenvalue weighted by atomic mass is 10.1. The molecule has 1 aliphatic heterocycles. The van der Waals surface area contributed by atoms with E-state index in [1.807, 2.05) is 36.4 Å². The van der Waals surface area contributed by atoms with E-state index >= 15 is 0 Å². The number of likely N-dealkylation sites (tertiary alicyclic amines) is 1. The topological polar surface area (TPSA) is 73.6 Å². The van der Waals surface area contributed by atoms with Crippen molar-refractivity contribution < 1.29 is 14.3 Å². The van der Waals surface area contributed by atoms with Crippen LogP contribution >= 0.6 is 0 Å². The van der Waals surface area contributed by atoms with Gasteiger partial charge in [0.1, 0.15) is 0 Å². The molecule has 0 bridgehead atoms. The number of nitriles is 1. The van der Waals surface area contributed by atoms with E-state index in [1.165, 1.54) is 4.90 Å². The van der Waals surface area contributed by atoms with Crippen LogP contribution in [-0.4, -0.2) is 43.6 Å². The number of hydrogen-bond donors (Lipinski definition) is 1. The van der Waals surface area contributed by atoms with Crippen LogP contribution in [0.4, 0.5) is 4.79 Å². The largest absolute Gasteiger partial charge is 0.465 e. The Hall–Kier alpha value is -2.62. The highest BCUT2D eigenvalue weighted by molar-refractivity contribution is 6.99. The number of rotatable bonds is 5. The van der Waals surface area contributed by atoms with Crippen molar-refractivity contribution in [3.05, 3.63) is 60.7 Å². The van der Waals surface area contributed by atoms with Crippen LogP contribution in [0.15, 0.2) is 60.7 Å². The lowest BCUT2D eigenvalue weighted by molar-refractivity contribution is 0.121. The monoisotopic (exact) mass is 408 g/mol. The molecule has 2 aromatic rings.